The molecule has 0 aliphatic carbocycles. The largest absolute Gasteiger partial charge is 0.359 e. The van der Waals surface area contributed by atoms with Gasteiger partial charge in [0.05, 0.1) is 5.92 Å². The Bertz CT molecular complexity index is 448. The van der Waals surface area contributed by atoms with Crippen molar-refractivity contribution < 1.29 is 4.79 Å². The molecule has 2 aliphatic rings. The lowest BCUT2D eigenvalue weighted by Gasteiger charge is -2.32. The number of hydrogen-bond donors (Lipinski definition) is 2. The molecule has 2 saturated heterocycles. The molecule has 3 rings (SSSR count). The lowest BCUT2D eigenvalue weighted by Crippen LogP contribution is -2.52. The van der Waals surface area contributed by atoms with Gasteiger partial charge in [-0.1, -0.05) is 30.3 Å². The molecule has 1 aromatic rings. The molecular formula is C15H21N3O. The van der Waals surface area contributed by atoms with E-state index in [0.29, 0.717) is 12.0 Å². The number of fused-ring (bicyclic) bond motifs is 1. The van der Waals surface area contributed by atoms with Gasteiger partial charge in [0.2, 0.25) is 5.91 Å². The molecule has 0 radical (unpaired) electrons. The Balaban J connectivity index is 1.91. The van der Waals surface area contributed by atoms with Crippen LogP contribution in [0.25, 0.3) is 0 Å². The maximum Gasteiger partial charge on any atom is 0.225 e. The van der Waals surface area contributed by atoms with E-state index in [9.17, 15) is 4.79 Å². The molecule has 0 unspecified atom stereocenters. The van der Waals surface area contributed by atoms with Gasteiger partial charge in [-0.15, -0.1) is 0 Å². The van der Waals surface area contributed by atoms with Gasteiger partial charge in [0.25, 0.3) is 0 Å². The molecule has 3 atom stereocenters. The summed E-state index contributed by atoms with van der Waals surface area (Å²) in [4.78, 5) is 14.8. The lowest BCUT2D eigenvalue weighted by atomic mass is 9.84. The van der Waals surface area contributed by atoms with Crippen LogP contribution in [-0.2, 0) is 4.79 Å². The molecule has 0 spiro atoms. The predicted octanol–water partition coefficient (Wildman–Crippen LogP) is 0.420. The zero-order valence-electron chi connectivity index (χ0n) is 11.3. The van der Waals surface area contributed by atoms with Crippen LogP contribution in [0.5, 0.6) is 0 Å². The van der Waals surface area contributed by atoms with Gasteiger partial charge in [0, 0.05) is 45.2 Å². The molecule has 102 valence electrons. The van der Waals surface area contributed by atoms with E-state index in [4.69, 9.17) is 0 Å². The number of piperazine rings is 1. The van der Waals surface area contributed by atoms with E-state index in [1.807, 2.05) is 6.07 Å². The number of carbonyl (C=O) groups is 1. The Hall–Kier alpha value is -1.39. The fourth-order valence-corrected chi connectivity index (χ4v) is 3.52. The minimum Gasteiger partial charge on any atom is -0.359 e. The minimum atomic E-state index is 0.0557. The Morgan fingerprint density at radius 3 is 2.89 bits per heavy atom. The average Bonchev–Trinajstić information content (AvgIpc) is 2.87. The number of rotatable bonds is 2. The molecule has 4 nitrogen and oxygen atoms in total. The number of carbonyl (C=O) groups excluding carboxylic acids is 1. The number of hydrogen-bond acceptors (Lipinski definition) is 3. The number of benzene rings is 1. The maximum absolute atomic E-state index is 12.3. The van der Waals surface area contributed by atoms with Crippen LogP contribution < -0.4 is 10.6 Å². The molecule has 0 aromatic heterocycles. The highest BCUT2D eigenvalue weighted by atomic mass is 16.1. The fourth-order valence-electron chi connectivity index (χ4n) is 3.52. The maximum atomic E-state index is 12.3. The molecular weight excluding hydrogens is 238 g/mol. The normalized spacial score (nSPS) is 30.9. The van der Waals surface area contributed by atoms with E-state index in [1.54, 1.807) is 7.05 Å². The van der Waals surface area contributed by atoms with Gasteiger partial charge in [0.1, 0.15) is 0 Å². The summed E-state index contributed by atoms with van der Waals surface area (Å²) in [5, 5.41) is 6.26. The second kappa shape index (κ2) is 5.31. The van der Waals surface area contributed by atoms with Gasteiger partial charge in [-0.05, 0) is 5.56 Å². The fraction of sp³-hybridized carbons (Fsp3) is 0.533. The zero-order valence-corrected chi connectivity index (χ0v) is 11.3. The smallest absolute Gasteiger partial charge is 0.225 e. The molecule has 0 bridgehead atoms. The molecule has 2 aliphatic heterocycles. The zero-order chi connectivity index (χ0) is 13.2. The van der Waals surface area contributed by atoms with Crippen LogP contribution in [0.4, 0.5) is 0 Å². The summed E-state index contributed by atoms with van der Waals surface area (Å²) in [5.41, 5.74) is 1.28. The SMILES string of the molecule is CNC(=O)[C@@H]1[C@H]2CNCCN2C[C@H]1c1ccccc1. The Labute approximate surface area is 114 Å². The molecule has 0 saturated carbocycles. The van der Waals surface area contributed by atoms with Gasteiger partial charge in [-0.25, -0.2) is 0 Å². The predicted molar refractivity (Wildman–Crippen MR) is 75.0 cm³/mol. The van der Waals surface area contributed by atoms with Crippen LogP contribution >= 0.6 is 0 Å². The van der Waals surface area contributed by atoms with Crippen LogP contribution in [0.3, 0.4) is 0 Å². The van der Waals surface area contributed by atoms with Gasteiger partial charge < -0.3 is 10.6 Å². The third-order valence-corrected chi connectivity index (χ3v) is 4.45. The van der Waals surface area contributed by atoms with Crippen LogP contribution in [0.1, 0.15) is 11.5 Å². The van der Waals surface area contributed by atoms with Crippen molar-refractivity contribution >= 4 is 5.91 Å². The van der Waals surface area contributed by atoms with E-state index in [0.717, 1.165) is 26.2 Å². The van der Waals surface area contributed by atoms with Gasteiger partial charge in [0.15, 0.2) is 0 Å². The van der Waals surface area contributed by atoms with Crippen LogP contribution in [0, 0.1) is 5.92 Å². The van der Waals surface area contributed by atoms with E-state index in [2.05, 4.69) is 39.8 Å². The first kappa shape index (κ1) is 12.6. The van der Waals surface area contributed by atoms with E-state index < -0.39 is 0 Å². The van der Waals surface area contributed by atoms with Gasteiger partial charge >= 0.3 is 0 Å². The number of nitrogens with one attached hydrogen (secondary N) is 2. The topological polar surface area (TPSA) is 44.4 Å². The summed E-state index contributed by atoms with van der Waals surface area (Å²) >= 11 is 0. The Morgan fingerprint density at radius 1 is 1.37 bits per heavy atom. The van der Waals surface area contributed by atoms with E-state index in [-0.39, 0.29) is 11.8 Å². The molecule has 2 N–H and O–H groups in total. The van der Waals surface area contributed by atoms with Crippen LogP contribution in [0.2, 0.25) is 0 Å². The van der Waals surface area contributed by atoms with Crippen molar-refractivity contribution in [2.45, 2.75) is 12.0 Å². The first-order valence-corrected chi connectivity index (χ1v) is 7.02. The van der Waals surface area contributed by atoms with E-state index >= 15 is 0 Å². The number of nitrogens with zero attached hydrogens (tertiary/aromatic N) is 1. The molecule has 4 heteroatoms. The summed E-state index contributed by atoms with van der Waals surface area (Å²) in [6.07, 6.45) is 0. The second-order valence-electron chi connectivity index (χ2n) is 5.42. The third-order valence-electron chi connectivity index (χ3n) is 4.45. The lowest BCUT2D eigenvalue weighted by molar-refractivity contribution is -0.125. The van der Waals surface area contributed by atoms with Crippen molar-refractivity contribution in [1.29, 1.82) is 0 Å². The van der Waals surface area contributed by atoms with Crippen molar-refractivity contribution in [3.63, 3.8) is 0 Å². The Morgan fingerprint density at radius 2 is 2.16 bits per heavy atom. The first-order valence-electron chi connectivity index (χ1n) is 7.02. The average molecular weight is 259 g/mol. The van der Waals surface area contributed by atoms with Crippen molar-refractivity contribution in [3.05, 3.63) is 35.9 Å². The molecule has 2 heterocycles. The highest BCUT2D eigenvalue weighted by molar-refractivity contribution is 5.80. The van der Waals surface area contributed by atoms with Crippen molar-refractivity contribution in [3.8, 4) is 0 Å². The molecule has 1 aromatic carbocycles. The highest BCUT2D eigenvalue weighted by Crippen LogP contribution is 2.37. The minimum absolute atomic E-state index is 0.0557. The summed E-state index contributed by atoms with van der Waals surface area (Å²) in [7, 11) is 1.74. The monoisotopic (exact) mass is 259 g/mol. The van der Waals surface area contributed by atoms with Crippen molar-refractivity contribution in [2.75, 3.05) is 33.2 Å². The quantitative estimate of drug-likeness (QED) is 0.809. The van der Waals surface area contributed by atoms with E-state index in [1.165, 1.54) is 5.56 Å². The summed E-state index contributed by atoms with van der Waals surface area (Å²) in [6.45, 7) is 3.98. The second-order valence-corrected chi connectivity index (χ2v) is 5.42. The van der Waals surface area contributed by atoms with Crippen molar-refractivity contribution in [2.24, 2.45) is 5.92 Å². The standard InChI is InChI=1S/C15H21N3O/c1-16-15(19)14-12(11-5-3-2-4-6-11)10-18-8-7-17-9-13(14)18/h2-6,12-14,17H,7-10H2,1H3,(H,16,19)/t12-,13+,14-/m0/s1. The van der Waals surface area contributed by atoms with Crippen LogP contribution in [-0.4, -0.2) is 50.1 Å². The summed E-state index contributed by atoms with van der Waals surface area (Å²) in [6, 6.07) is 10.8. The van der Waals surface area contributed by atoms with Crippen molar-refractivity contribution in [1.82, 2.24) is 15.5 Å². The number of amides is 1. The summed E-state index contributed by atoms with van der Waals surface area (Å²) < 4.78 is 0. The summed E-state index contributed by atoms with van der Waals surface area (Å²) in [5.74, 6) is 0.538. The molecule has 2 fully saturated rings. The highest BCUT2D eigenvalue weighted by Gasteiger charge is 2.46. The van der Waals surface area contributed by atoms with Crippen LogP contribution in [0.15, 0.2) is 30.3 Å². The van der Waals surface area contributed by atoms with Gasteiger partial charge in [-0.3, -0.25) is 9.69 Å². The molecule has 19 heavy (non-hydrogen) atoms. The molecule has 1 amide bonds. The first-order chi connectivity index (χ1) is 9.31. The third kappa shape index (κ3) is 2.26. The Kier molecular flexibility index (Phi) is 3.53. The van der Waals surface area contributed by atoms with Gasteiger partial charge in [-0.2, -0.15) is 0 Å².